The summed E-state index contributed by atoms with van der Waals surface area (Å²) in [5.41, 5.74) is 0.197. The first-order valence-electron chi connectivity index (χ1n) is 5.57. The molecule has 1 amide bonds. The number of amides is 1. The zero-order valence-corrected chi connectivity index (χ0v) is 11.9. The SMILES string of the molecule is O=C(NC(=S)Nc1ccc([N+](=O)[O-])cc1Cl)c1ccco1. The summed E-state index contributed by atoms with van der Waals surface area (Å²) in [4.78, 5) is 21.7. The van der Waals surface area contributed by atoms with Crippen molar-refractivity contribution in [3.63, 3.8) is 0 Å². The fourth-order valence-electron chi connectivity index (χ4n) is 1.44. The van der Waals surface area contributed by atoms with E-state index in [1.165, 1.54) is 30.5 Å². The molecule has 1 aromatic carbocycles. The molecule has 2 N–H and O–H groups in total. The van der Waals surface area contributed by atoms with Crippen LogP contribution in [0.2, 0.25) is 5.02 Å². The van der Waals surface area contributed by atoms with Gasteiger partial charge < -0.3 is 9.73 Å². The highest BCUT2D eigenvalue weighted by molar-refractivity contribution is 7.80. The Morgan fingerprint density at radius 1 is 1.38 bits per heavy atom. The Bertz CT molecular complexity index is 703. The number of rotatable bonds is 3. The van der Waals surface area contributed by atoms with Gasteiger partial charge in [-0.05, 0) is 30.4 Å². The second kappa shape index (κ2) is 6.33. The minimum atomic E-state index is -0.563. The van der Waals surface area contributed by atoms with Crippen LogP contribution in [-0.2, 0) is 0 Å². The minimum Gasteiger partial charge on any atom is -0.459 e. The number of benzene rings is 1. The molecular weight excluding hydrogens is 318 g/mol. The van der Waals surface area contributed by atoms with Gasteiger partial charge in [0, 0.05) is 12.1 Å². The van der Waals surface area contributed by atoms with E-state index >= 15 is 0 Å². The van der Waals surface area contributed by atoms with Crippen LogP contribution in [0.3, 0.4) is 0 Å². The van der Waals surface area contributed by atoms with Crippen LogP contribution in [0.5, 0.6) is 0 Å². The zero-order valence-electron chi connectivity index (χ0n) is 10.3. The molecule has 1 heterocycles. The molecule has 0 aliphatic rings. The van der Waals surface area contributed by atoms with Crippen molar-refractivity contribution in [1.82, 2.24) is 5.32 Å². The lowest BCUT2D eigenvalue weighted by molar-refractivity contribution is -0.384. The predicted octanol–water partition coefficient (Wildman–Crippen LogP) is 2.97. The molecule has 0 saturated carbocycles. The van der Waals surface area contributed by atoms with E-state index in [0.29, 0.717) is 5.69 Å². The first-order valence-corrected chi connectivity index (χ1v) is 6.36. The number of carbonyl (C=O) groups is 1. The van der Waals surface area contributed by atoms with Crippen molar-refractivity contribution in [2.45, 2.75) is 0 Å². The molecule has 0 saturated heterocycles. The van der Waals surface area contributed by atoms with Gasteiger partial charge in [-0.25, -0.2) is 0 Å². The van der Waals surface area contributed by atoms with Crippen LogP contribution >= 0.6 is 23.8 Å². The maximum Gasteiger partial charge on any atom is 0.293 e. The summed E-state index contributed by atoms with van der Waals surface area (Å²) in [5, 5.41) is 15.8. The van der Waals surface area contributed by atoms with E-state index in [9.17, 15) is 14.9 Å². The van der Waals surface area contributed by atoms with E-state index in [0.717, 1.165) is 0 Å². The molecule has 2 rings (SSSR count). The average Bonchev–Trinajstić information content (AvgIpc) is 2.94. The highest BCUT2D eigenvalue weighted by Crippen LogP contribution is 2.26. The van der Waals surface area contributed by atoms with Crippen molar-refractivity contribution in [3.05, 3.63) is 57.5 Å². The molecule has 0 aliphatic heterocycles. The van der Waals surface area contributed by atoms with Gasteiger partial charge >= 0.3 is 0 Å². The molecule has 9 heteroatoms. The average molecular weight is 326 g/mol. The molecular formula is C12H8ClN3O4S. The maximum absolute atomic E-state index is 11.7. The fourth-order valence-corrected chi connectivity index (χ4v) is 1.87. The Labute approximate surface area is 129 Å². The first-order chi connectivity index (χ1) is 9.97. The molecule has 108 valence electrons. The van der Waals surface area contributed by atoms with Gasteiger partial charge in [0.1, 0.15) is 0 Å². The van der Waals surface area contributed by atoms with Gasteiger partial charge in [-0.3, -0.25) is 20.2 Å². The number of nitrogens with one attached hydrogen (secondary N) is 2. The Hall–Kier alpha value is -2.45. The lowest BCUT2D eigenvalue weighted by Crippen LogP contribution is -2.33. The van der Waals surface area contributed by atoms with E-state index in [1.54, 1.807) is 6.07 Å². The molecule has 0 spiro atoms. The highest BCUT2D eigenvalue weighted by atomic mass is 35.5. The van der Waals surface area contributed by atoms with Gasteiger partial charge in [-0.15, -0.1) is 0 Å². The molecule has 2 aromatic rings. The van der Waals surface area contributed by atoms with Gasteiger partial charge in [-0.1, -0.05) is 11.6 Å². The largest absolute Gasteiger partial charge is 0.459 e. The number of carbonyl (C=O) groups excluding carboxylic acids is 1. The molecule has 0 fully saturated rings. The minimum absolute atomic E-state index is 0.00727. The predicted molar refractivity (Wildman–Crippen MR) is 80.5 cm³/mol. The number of nitro benzene ring substituents is 1. The summed E-state index contributed by atoms with van der Waals surface area (Å²) in [6.07, 6.45) is 1.36. The summed E-state index contributed by atoms with van der Waals surface area (Å²) in [7, 11) is 0. The third-order valence-electron chi connectivity index (χ3n) is 2.38. The Morgan fingerprint density at radius 3 is 2.71 bits per heavy atom. The van der Waals surface area contributed by atoms with Gasteiger partial charge in [0.25, 0.3) is 11.6 Å². The second-order valence-corrected chi connectivity index (χ2v) is 4.62. The Balaban J connectivity index is 2.03. The van der Waals surface area contributed by atoms with E-state index < -0.39 is 10.8 Å². The van der Waals surface area contributed by atoms with Gasteiger partial charge in [0.2, 0.25) is 0 Å². The van der Waals surface area contributed by atoms with Crippen molar-refractivity contribution in [3.8, 4) is 0 Å². The molecule has 21 heavy (non-hydrogen) atoms. The van der Waals surface area contributed by atoms with Gasteiger partial charge in [0.15, 0.2) is 10.9 Å². The number of nitro groups is 1. The van der Waals surface area contributed by atoms with Crippen LogP contribution in [0.25, 0.3) is 0 Å². The number of furan rings is 1. The van der Waals surface area contributed by atoms with E-state index in [1.807, 2.05) is 0 Å². The molecule has 0 bridgehead atoms. The Morgan fingerprint density at radius 2 is 2.14 bits per heavy atom. The van der Waals surface area contributed by atoms with E-state index in [2.05, 4.69) is 10.6 Å². The number of hydrogen-bond donors (Lipinski definition) is 2. The summed E-state index contributed by atoms with van der Waals surface area (Å²) in [6.45, 7) is 0. The number of hydrogen-bond acceptors (Lipinski definition) is 5. The van der Waals surface area contributed by atoms with Crippen LogP contribution in [-0.4, -0.2) is 15.9 Å². The standard InChI is InChI=1S/C12H8ClN3O4S/c13-8-6-7(16(18)19)3-4-9(8)14-12(21)15-11(17)10-2-1-5-20-10/h1-6H,(H2,14,15,17,21). The number of halogens is 1. The summed E-state index contributed by atoms with van der Waals surface area (Å²) < 4.78 is 4.91. The molecule has 0 radical (unpaired) electrons. The van der Waals surface area contributed by atoms with Crippen molar-refractivity contribution >= 4 is 46.2 Å². The summed E-state index contributed by atoms with van der Waals surface area (Å²) in [5.74, 6) is -0.413. The van der Waals surface area contributed by atoms with Crippen molar-refractivity contribution in [2.24, 2.45) is 0 Å². The zero-order chi connectivity index (χ0) is 15.4. The molecule has 7 nitrogen and oxygen atoms in total. The quantitative estimate of drug-likeness (QED) is 0.511. The van der Waals surface area contributed by atoms with Crippen LogP contribution in [0.15, 0.2) is 41.0 Å². The van der Waals surface area contributed by atoms with E-state index in [4.69, 9.17) is 28.2 Å². The summed E-state index contributed by atoms with van der Waals surface area (Å²) in [6, 6.07) is 6.90. The van der Waals surface area contributed by atoms with Crippen LogP contribution in [0.1, 0.15) is 10.6 Å². The maximum atomic E-state index is 11.7. The third-order valence-corrected chi connectivity index (χ3v) is 2.90. The van der Waals surface area contributed by atoms with E-state index in [-0.39, 0.29) is 21.6 Å². The van der Waals surface area contributed by atoms with Gasteiger partial charge in [-0.2, -0.15) is 0 Å². The smallest absolute Gasteiger partial charge is 0.293 e. The Kier molecular flexibility index (Phi) is 4.51. The van der Waals surface area contributed by atoms with Crippen molar-refractivity contribution in [1.29, 1.82) is 0 Å². The van der Waals surface area contributed by atoms with Crippen LogP contribution in [0.4, 0.5) is 11.4 Å². The molecule has 0 aliphatic carbocycles. The van der Waals surface area contributed by atoms with Gasteiger partial charge in [0.05, 0.1) is 21.9 Å². The van der Waals surface area contributed by atoms with Crippen molar-refractivity contribution < 1.29 is 14.1 Å². The number of thiocarbonyl (C=S) groups is 1. The molecule has 1 aromatic heterocycles. The number of anilines is 1. The second-order valence-electron chi connectivity index (χ2n) is 3.81. The first kappa shape index (κ1) is 14.9. The third kappa shape index (κ3) is 3.77. The number of nitrogens with zero attached hydrogens (tertiary/aromatic N) is 1. The topological polar surface area (TPSA) is 97.4 Å². The van der Waals surface area contributed by atoms with Crippen molar-refractivity contribution in [2.75, 3.05) is 5.32 Å². The molecule has 0 atom stereocenters. The lowest BCUT2D eigenvalue weighted by atomic mass is 10.3. The fraction of sp³-hybridized carbons (Fsp3) is 0. The molecule has 0 unspecified atom stereocenters. The van der Waals surface area contributed by atoms with Crippen LogP contribution < -0.4 is 10.6 Å². The monoisotopic (exact) mass is 325 g/mol. The number of non-ortho nitro benzene ring substituents is 1. The lowest BCUT2D eigenvalue weighted by Gasteiger charge is -2.09. The summed E-state index contributed by atoms with van der Waals surface area (Å²) >= 11 is 10.8. The van der Waals surface area contributed by atoms with Crippen LogP contribution in [0, 0.1) is 10.1 Å². The highest BCUT2D eigenvalue weighted by Gasteiger charge is 2.13. The normalized spacial score (nSPS) is 9.95.